The lowest BCUT2D eigenvalue weighted by molar-refractivity contribution is 0.336. The van der Waals surface area contributed by atoms with Gasteiger partial charge in [-0.25, -0.2) is 9.97 Å². The van der Waals surface area contributed by atoms with Crippen LogP contribution in [0.25, 0.3) is 0 Å². The quantitative estimate of drug-likeness (QED) is 0.566. The first-order valence-electron chi connectivity index (χ1n) is 9.08. The summed E-state index contributed by atoms with van der Waals surface area (Å²) in [6.07, 6.45) is 6.46. The van der Waals surface area contributed by atoms with Crippen molar-refractivity contribution in [2.24, 2.45) is 0 Å². The molecule has 0 saturated carbocycles. The van der Waals surface area contributed by atoms with E-state index in [2.05, 4.69) is 35.5 Å². The van der Waals surface area contributed by atoms with Crippen LogP contribution >= 0.6 is 0 Å². The highest BCUT2D eigenvalue weighted by Crippen LogP contribution is 2.30. The maximum Gasteiger partial charge on any atom is 0.321 e. The van der Waals surface area contributed by atoms with Gasteiger partial charge in [-0.3, -0.25) is 0 Å². The average molecular weight is 375 g/mol. The number of aromatic amines is 1. The molecule has 1 atom stereocenters. The molecule has 0 radical (unpaired) electrons. The van der Waals surface area contributed by atoms with Crippen LogP contribution in [0.15, 0.2) is 47.2 Å². The molecule has 1 unspecified atom stereocenters. The lowest BCUT2D eigenvalue weighted by Crippen LogP contribution is -2.13. The number of nitrogens with one attached hydrogen (secondary N) is 1. The number of rotatable bonds is 5. The van der Waals surface area contributed by atoms with Gasteiger partial charge in [-0.05, 0) is 36.6 Å². The van der Waals surface area contributed by atoms with Gasteiger partial charge in [-0.15, -0.1) is 0 Å². The van der Waals surface area contributed by atoms with Gasteiger partial charge in [0, 0.05) is 31.2 Å². The average Bonchev–Trinajstić information content (AvgIpc) is 3.39. The molecule has 0 fully saturated rings. The highest BCUT2D eigenvalue weighted by molar-refractivity contribution is 5.30. The molecule has 1 aliphatic rings. The minimum Gasteiger partial charge on any atom is -0.424 e. The monoisotopic (exact) mass is 375 g/mol. The van der Waals surface area contributed by atoms with E-state index < -0.39 is 0 Å². The highest BCUT2D eigenvalue weighted by Gasteiger charge is 2.27. The van der Waals surface area contributed by atoms with Crippen LogP contribution in [0, 0.1) is 0 Å². The minimum absolute atomic E-state index is 0.195. The first kappa shape index (κ1) is 16.5. The van der Waals surface area contributed by atoms with E-state index in [1.165, 1.54) is 0 Å². The van der Waals surface area contributed by atoms with E-state index in [4.69, 9.17) is 9.26 Å². The second-order valence-corrected chi connectivity index (χ2v) is 6.66. The van der Waals surface area contributed by atoms with Gasteiger partial charge in [0.25, 0.3) is 0 Å². The van der Waals surface area contributed by atoms with Gasteiger partial charge in [-0.1, -0.05) is 17.3 Å². The molecule has 0 bridgehead atoms. The highest BCUT2D eigenvalue weighted by atomic mass is 16.5. The number of aryl methyl sites for hydroxylation is 1. The number of benzene rings is 1. The molecule has 1 aromatic carbocycles. The normalized spacial score (nSPS) is 15.9. The van der Waals surface area contributed by atoms with Crippen molar-refractivity contribution in [3.8, 4) is 11.8 Å². The van der Waals surface area contributed by atoms with E-state index in [9.17, 15) is 0 Å². The maximum absolute atomic E-state index is 5.60. The molecule has 140 valence electrons. The number of fused-ring (bicyclic) bond motifs is 1. The first-order chi connectivity index (χ1) is 13.8. The molecule has 1 N–H and O–H groups in total. The molecule has 5 rings (SSSR count). The topological polar surface area (TPSA) is 116 Å². The zero-order valence-electron chi connectivity index (χ0n) is 14.9. The van der Waals surface area contributed by atoms with Crippen molar-refractivity contribution >= 4 is 0 Å². The van der Waals surface area contributed by atoms with Gasteiger partial charge >= 0.3 is 6.01 Å². The second-order valence-electron chi connectivity index (χ2n) is 6.66. The van der Waals surface area contributed by atoms with E-state index in [0.717, 1.165) is 36.2 Å². The zero-order chi connectivity index (χ0) is 18.8. The number of hydrogen-bond donors (Lipinski definition) is 1. The number of nitrogens with zero attached hydrogens (tertiary/aromatic N) is 6. The van der Waals surface area contributed by atoms with Crippen molar-refractivity contribution < 1.29 is 9.26 Å². The Morgan fingerprint density at radius 2 is 1.89 bits per heavy atom. The Balaban J connectivity index is 1.23. The molecule has 28 heavy (non-hydrogen) atoms. The second kappa shape index (κ2) is 7.18. The van der Waals surface area contributed by atoms with Crippen LogP contribution in [0.5, 0.6) is 11.8 Å². The third-order valence-electron chi connectivity index (χ3n) is 4.74. The molecule has 9 heteroatoms. The van der Waals surface area contributed by atoms with Crippen molar-refractivity contribution in [1.29, 1.82) is 0 Å². The van der Waals surface area contributed by atoms with Gasteiger partial charge in [-0.2, -0.15) is 20.4 Å². The zero-order valence-corrected chi connectivity index (χ0v) is 14.9. The molecule has 0 saturated heterocycles. The fourth-order valence-electron chi connectivity index (χ4n) is 3.30. The smallest absolute Gasteiger partial charge is 0.321 e. The van der Waals surface area contributed by atoms with E-state index in [0.29, 0.717) is 29.9 Å². The summed E-state index contributed by atoms with van der Waals surface area (Å²) >= 11 is 0. The van der Waals surface area contributed by atoms with Gasteiger partial charge in [0.05, 0.1) is 11.4 Å². The lowest BCUT2D eigenvalue weighted by atomic mass is 9.90. The molecular weight excluding hydrogens is 358 g/mol. The van der Waals surface area contributed by atoms with Gasteiger partial charge in [0.15, 0.2) is 5.82 Å². The minimum atomic E-state index is 0.195. The van der Waals surface area contributed by atoms with E-state index in [1.54, 1.807) is 18.5 Å². The lowest BCUT2D eigenvalue weighted by Gasteiger charge is -2.15. The number of H-pyrrole nitrogens is 1. The van der Waals surface area contributed by atoms with Crippen LogP contribution in [-0.4, -0.2) is 35.5 Å². The first-order valence-corrected chi connectivity index (χ1v) is 9.08. The summed E-state index contributed by atoms with van der Waals surface area (Å²) in [5.74, 6) is 2.21. The molecule has 0 spiro atoms. The Kier molecular flexibility index (Phi) is 4.24. The largest absolute Gasteiger partial charge is 0.424 e. The molecule has 0 aliphatic heterocycles. The molecule has 3 heterocycles. The summed E-state index contributed by atoms with van der Waals surface area (Å²) in [5.41, 5.74) is 3.10. The SMILES string of the molecule is c1cnc(Oc2ccc(Cc3noc(C4CCc5n[nH]nc5C4)n3)cc2)nc1. The van der Waals surface area contributed by atoms with Gasteiger partial charge in [0.2, 0.25) is 5.89 Å². The Hall–Kier alpha value is -3.62. The third-order valence-corrected chi connectivity index (χ3v) is 4.74. The maximum atomic E-state index is 5.60. The van der Waals surface area contributed by atoms with Crippen LogP contribution in [0.2, 0.25) is 0 Å². The van der Waals surface area contributed by atoms with E-state index >= 15 is 0 Å². The summed E-state index contributed by atoms with van der Waals surface area (Å²) < 4.78 is 11.1. The van der Waals surface area contributed by atoms with E-state index in [1.807, 2.05) is 24.3 Å². The Morgan fingerprint density at radius 3 is 2.75 bits per heavy atom. The fraction of sp³-hybridized carbons (Fsp3) is 0.263. The fourth-order valence-corrected chi connectivity index (χ4v) is 3.30. The van der Waals surface area contributed by atoms with Crippen molar-refractivity contribution in [3.05, 3.63) is 71.4 Å². The summed E-state index contributed by atoms with van der Waals surface area (Å²) in [5, 5.41) is 15.2. The van der Waals surface area contributed by atoms with Crippen LogP contribution in [-0.2, 0) is 19.3 Å². The standard InChI is InChI=1S/C19H17N7O2/c1-8-20-19(21-9-1)27-14-5-2-12(3-6-14)10-17-22-18(28-25-17)13-4-7-15-16(11-13)24-26-23-15/h1-3,5-6,8-9,13H,4,7,10-11H2,(H,23,24,26). The molecule has 4 aromatic rings. The number of aromatic nitrogens is 7. The van der Waals surface area contributed by atoms with Gasteiger partial charge in [0.1, 0.15) is 5.75 Å². The van der Waals surface area contributed by atoms with Crippen LogP contribution < -0.4 is 4.74 Å². The van der Waals surface area contributed by atoms with Crippen LogP contribution in [0.3, 0.4) is 0 Å². The summed E-state index contributed by atoms with van der Waals surface area (Å²) in [6, 6.07) is 9.75. The Morgan fingerprint density at radius 1 is 1.07 bits per heavy atom. The predicted octanol–water partition coefficient (Wildman–Crippen LogP) is 2.63. The molecule has 0 amide bonds. The molecule has 3 aromatic heterocycles. The van der Waals surface area contributed by atoms with Crippen molar-refractivity contribution in [2.45, 2.75) is 31.6 Å². The summed E-state index contributed by atoms with van der Waals surface area (Å²) in [7, 11) is 0. The Labute approximate surface area is 160 Å². The van der Waals surface area contributed by atoms with Crippen LogP contribution in [0.4, 0.5) is 0 Å². The number of hydrogen-bond acceptors (Lipinski definition) is 8. The predicted molar refractivity (Wildman–Crippen MR) is 96.8 cm³/mol. The van der Waals surface area contributed by atoms with Crippen molar-refractivity contribution in [1.82, 2.24) is 35.5 Å². The van der Waals surface area contributed by atoms with Crippen LogP contribution in [0.1, 0.15) is 41.0 Å². The van der Waals surface area contributed by atoms with Crippen molar-refractivity contribution in [2.75, 3.05) is 0 Å². The molecule has 9 nitrogen and oxygen atoms in total. The third kappa shape index (κ3) is 3.46. The number of ether oxygens (including phenoxy) is 1. The van der Waals surface area contributed by atoms with Gasteiger partial charge < -0.3 is 9.26 Å². The summed E-state index contributed by atoms with van der Waals surface area (Å²) in [6.45, 7) is 0. The molecular formula is C19H17N7O2. The van der Waals surface area contributed by atoms with E-state index in [-0.39, 0.29) is 5.92 Å². The van der Waals surface area contributed by atoms with Crippen molar-refractivity contribution in [3.63, 3.8) is 0 Å². The molecule has 1 aliphatic carbocycles. The Bertz CT molecular complexity index is 1060. The summed E-state index contributed by atoms with van der Waals surface area (Å²) in [4.78, 5) is 12.7.